The zero-order chi connectivity index (χ0) is 30.5. The highest BCUT2D eigenvalue weighted by Crippen LogP contribution is 2.28. The second kappa shape index (κ2) is 12.7. The summed E-state index contributed by atoms with van der Waals surface area (Å²) in [5.74, 6) is -1.01. The second-order valence-electron chi connectivity index (χ2n) is 10.5. The quantitative estimate of drug-likeness (QED) is 0.285. The Labute approximate surface area is 256 Å². The minimum Gasteiger partial charge on any atom is -0.354 e. The summed E-state index contributed by atoms with van der Waals surface area (Å²) in [4.78, 5) is 37.4. The molecule has 6 rings (SSSR count). The number of piperazine rings is 1. The number of carbonyl (C=O) groups is 2. The van der Waals surface area contributed by atoms with Gasteiger partial charge in [0, 0.05) is 49.9 Å². The van der Waals surface area contributed by atoms with E-state index in [2.05, 4.69) is 15.3 Å². The highest BCUT2D eigenvalue weighted by molar-refractivity contribution is 7.89. The molecule has 222 valence electrons. The molecule has 0 bridgehead atoms. The van der Waals surface area contributed by atoms with Gasteiger partial charge in [0.05, 0.1) is 5.52 Å². The van der Waals surface area contributed by atoms with Crippen LogP contribution in [-0.2, 0) is 14.8 Å². The third-order valence-corrected chi connectivity index (χ3v) is 9.81. The molecule has 0 radical (unpaired) electrons. The van der Waals surface area contributed by atoms with E-state index in [4.69, 9.17) is 0 Å². The lowest BCUT2D eigenvalue weighted by atomic mass is 9.91. The lowest BCUT2D eigenvalue weighted by molar-refractivity contribution is -0.126. The number of benzene rings is 3. The van der Waals surface area contributed by atoms with E-state index in [9.17, 15) is 18.0 Å². The fraction of sp³-hybridized carbons (Fsp3) is 0.176. The lowest BCUT2D eigenvalue weighted by Crippen LogP contribution is -2.61. The van der Waals surface area contributed by atoms with Gasteiger partial charge in [-0.05, 0) is 35.4 Å². The van der Waals surface area contributed by atoms with Crippen molar-refractivity contribution in [3.63, 3.8) is 0 Å². The minimum atomic E-state index is -4.18. The van der Waals surface area contributed by atoms with Crippen molar-refractivity contribution in [1.82, 2.24) is 24.5 Å². The fourth-order valence-corrected chi connectivity index (χ4v) is 7.37. The Morgan fingerprint density at radius 1 is 0.773 bits per heavy atom. The van der Waals surface area contributed by atoms with E-state index in [1.807, 2.05) is 60.7 Å². The Morgan fingerprint density at radius 2 is 1.43 bits per heavy atom. The Kier molecular flexibility index (Phi) is 8.44. The molecule has 9 nitrogen and oxygen atoms in total. The molecule has 2 aromatic heterocycles. The number of carbonyl (C=O) groups excluding carboxylic acids is 2. The van der Waals surface area contributed by atoms with Crippen molar-refractivity contribution >= 4 is 32.7 Å². The van der Waals surface area contributed by atoms with Gasteiger partial charge in [0.15, 0.2) is 0 Å². The van der Waals surface area contributed by atoms with Gasteiger partial charge >= 0.3 is 0 Å². The van der Waals surface area contributed by atoms with Crippen LogP contribution >= 0.6 is 0 Å². The molecule has 2 amide bonds. The van der Waals surface area contributed by atoms with Gasteiger partial charge < -0.3 is 10.2 Å². The highest BCUT2D eigenvalue weighted by Gasteiger charge is 2.42. The summed E-state index contributed by atoms with van der Waals surface area (Å²) in [6.07, 6.45) is 3.07. The maximum absolute atomic E-state index is 14.2. The summed E-state index contributed by atoms with van der Waals surface area (Å²) in [6.45, 7) is 0.150. The molecule has 3 aromatic carbocycles. The van der Waals surface area contributed by atoms with Crippen LogP contribution in [0.3, 0.4) is 0 Å². The molecule has 10 heteroatoms. The smallest absolute Gasteiger partial charge is 0.272 e. The number of hydrogen-bond donors (Lipinski definition) is 1. The average Bonchev–Trinajstić information content (AvgIpc) is 3.08. The van der Waals surface area contributed by atoms with Crippen molar-refractivity contribution in [1.29, 1.82) is 0 Å². The first-order valence-corrected chi connectivity index (χ1v) is 15.8. The second-order valence-corrected chi connectivity index (χ2v) is 12.4. The number of fused-ring (bicyclic) bond motifs is 1. The lowest BCUT2D eigenvalue weighted by Gasteiger charge is -2.39. The van der Waals surface area contributed by atoms with E-state index < -0.39 is 22.0 Å². The van der Waals surface area contributed by atoms with E-state index in [0.29, 0.717) is 10.9 Å². The van der Waals surface area contributed by atoms with Crippen LogP contribution in [0.15, 0.2) is 126 Å². The topological polar surface area (TPSA) is 113 Å². The van der Waals surface area contributed by atoms with E-state index in [-0.39, 0.29) is 48.6 Å². The van der Waals surface area contributed by atoms with Crippen molar-refractivity contribution in [3.8, 4) is 0 Å². The van der Waals surface area contributed by atoms with E-state index in [1.165, 1.54) is 21.5 Å². The summed E-state index contributed by atoms with van der Waals surface area (Å²) in [5, 5.41) is 3.70. The first kappa shape index (κ1) is 29.2. The number of hydrogen-bond acceptors (Lipinski definition) is 6. The molecular weight excluding hydrogens is 574 g/mol. The number of nitrogens with zero attached hydrogens (tertiary/aromatic N) is 4. The van der Waals surface area contributed by atoms with Crippen molar-refractivity contribution in [3.05, 3.63) is 138 Å². The molecule has 3 heterocycles. The number of aromatic nitrogens is 2. The molecule has 0 aliphatic carbocycles. The Bertz CT molecular complexity index is 1830. The maximum atomic E-state index is 14.2. The van der Waals surface area contributed by atoms with Crippen LogP contribution in [0.1, 0.15) is 27.5 Å². The maximum Gasteiger partial charge on any atom is 0.272 e. The molecule has 1 aliphatic heterocycles. The molecule has 1 saturated heterocycles. The summed E-state index contributed by atoms with van der Waals surface area (Å²) in [7, 11) is -4.18. The SMILES string of the molecule is O=C(NCC(c1ccccc1)c1ccccc1)C1CN(C(=O)c2ccccn2)CCN1S(=O)(=O)c1cccc2cccnc12. The van der Waals surface area contributed by atoms with Crippen LogP contribution in [-0.4, -0.2) is 71.6 Å². The van der Waals surface area contributed by atoms with Gasteiger partial charge in [0.1, 0.15) is 16.6 Å². The Balaban J connectivity index is 1.32. The Morgan fingerprint density at radius 3 is 2.11 bits per heavy atom. The first-order valence-electron chi connectivity index (χ1n) is 14.4. The Hall–Kier alpha value is -4.93. The van der Waals surface area contributed by atoms with Gasteiger partial charge in [-0.15, -0.1) is 0 Å². The first-order chi connectivity index (χ1) is 21.4. The monoisotopic (exact) mass is 605 g/mol. The third kappa shape index (κ3) is 5.95. The van der Waals surface area contributed by atoms with E-state index in [1.54, 1.807) is 48.7 Å². The molecule has 0 saturated carbocycles. The largest absolute Gasteiger partial charge is 0.354 e. The number of pyridine rings is 2. The van der Waals surface area contributed by atoms with Crippen LogP contribution in [0, 0.1) is 0 Å². The van der Waals surface area contributed by atoms with E-state index in [0.717, 1.165) is 11.1 Å². The van der Waals surface area contributed by atoms with Crippen LogP contribution in [0.2, 0.25) is 0 Å². The van der Waals surface area contributed by atoms with Crippen LogP contribution in [0.5, 0.6) is 0 Å². The van der Waals surface area contributed by atoms with E-state index >= 15 is 0 Å². The zero-order valence-electron chi connectivity index (χ0n) is 23.9. The summed E-state index contributed by atoms with van der Waals surface area (Å²) < 4.78 is 29.7. The van der Waals surface area contributed by atoms with Crippen molar-refractivity contribution in [2.45, 2.75) is 16.9 Å². The van der Waals surface area contributed by atoms with Gasteiger partial charge in [-0.3, -0.25) is 19.6 Å². The predicted octanol–water partition coefficient (Wildman–Crippen LogP) is 4.09. The predicted molar refractivity (Wildman–Crippen MR) is 167 cm³/mol. The molecule has 1 aliphatic rings. The molecule has 5 aromatic rings. The molecule has 1 N–H and O–H groups in total. The van der Waals surface area contributed by atoms with Gasteiger partial charge in [-0.1, -0.05) is 84.9 Å². The van der Waals surface area contributed by atoms with Crippen LogP contribution in [0.25, 0.3) is 10.9 Å². The van der Waals surface area contributed by atoms with Gasteiger partial charge in [0.25, 0.3) is 5.91 Å². The van der Waals surface area contributed by atoms with Gasteiger partial charge in [-0.25, -0.2) is 8.42 Å². The normalized spacial score (nSPS) is 15.8. The molecule has 1 atom stereocenters. The molecule has 44 heavy (non-hydrogen) atoms. The number of amides is 2. The van der Waals surface area contributed by atoms with Gasteiger partial charge in [0.2, 0.25) is 15.9 Å². The molecule has 1 unspecified atom stereocenters. The van der Waals surface area contributed by atoms with Crippen molar-refractivity contribution in [2.24, 2.45) is 0 Å². The van der Waals surface area contributed by atoms with Gasteiger partial charge in [-0.2, -0.15) is 4.31 Å². The fourth-order valence-electron chi connectivity index (χ4n) is 5.63. The minimum absolute atomic E-state index is 0.0179. The number of para-hydroxylation sites is 1. The molecular formula is C34H31N5O4S. The summed E-state index contributed by atoms with van der Waals surface area (Å²) >= 11 is 0. The van der Waals surface area contributed by atoms with Crippen molar-refractivity contribution < 1.29 is 18.0 Å². The summed E-state index contributed by atoms with van der Waals surface area (Å²) in [6, 6.07) is 32.0. The third-order valence-electron chi connectivity index (χ3n) is 7.87. The molecule has 1 fully saturated rings. The average molecular weight is 606 g/mol. The zero-order valence-corrected chi connectivity index (χ0v) is 24.7. The molecule has 0 spiro atoms. The van der Waals surface area contributed by atoms with Crippen LogP contribution in [0.4, 0.5) is 0 Å². The number of sulfonamides is 1. The number of nitrogens with one attached hydrogen (secondary N) is 1. The van der Waals surface area contributed by atoms with Crippen molar-refractivity contribution in [2.75, 3.05) is 26.2 Å². The number of rotatable bonds is 8. The standard InChI is InChI=1S/C34H31N5O4S/c40-33(37-23-28(25-11-3-1-4-12-25)26-13-5-2-6-14-26)30-24-38(34(41)29-17-7-8-19-35-29)21-22-39(30)44(42,43)31-18-9-15-27-16-10-20-36-32(27)31/h1-20,28,30H,21-24H2,(H,37,40). The highest BCUT2D eigenvalue weighted by atomic mass is 32.2. The van der Waals surface area contributed by atoms with Crippen LogP contribution < -0.4 is 5.32 Å². The summed E-state index contributed by atoms with van der Waals surface area (Å²) in [5.41, 5.74) is 2.59.